The molecule has 98 valence electrons. The van der Waals surface area contributed by atoms with E-state index in [4.69, 9.17) is 9.84 Å². The first-order valence-corrected chi connectivity index (χ1v) is 5.74. The topological polar surface area (TPSA) is 75.6 Å². The Morgan fingerprint density at radius 1 is 1.28 bits per heavy atom. The average Bonchev–Trinajstić information content (AvgIpc) is 2.30. The van der Waals surface area contributed by atoms with Crippen LogP contribution in [0.4, 0.5) is 5.69 Å². The normalized spacial score (nSPS) is 10.2. The van der Waals surface area contributed by atoms with Crippen molar-refractivity contribution in [2.24, 2.45) is 5.92 Å². The molecule has 0 radical (unpaired) electrons. The van der Waals surface area contributed by atoms with Gasteiger partial charge in [0.25, 0.3) is 0 Å². The summed E-state index contributed by atoms with van der Waals surface area (Å²) < 4.78 is 5.23. The van der Waals surface area contributed by atoms with Crippen LogP contribution in [-0.4, -0.2) is 23.6 Å². The summed E-state index contributed by atoms with van der Waals surface area (Å²) in [5.74, 6) is -0.430. The van der Waals surface area contributed by atoms with Gasteiger partial charge in [0.05, 0.1) is 13.0 Å². The molecule has 0 unspecified atom stereocenters. The van der Waals surface area contributed by atoms with Crippen molar-refractivity contribution in [3.05, 3.63) is 24.3 Å². The van der Waals surface area contributed by atoms with Crippen molar-refractivity contribution in [2.75, 3.05) is 11.9 Å². The number of hydrogen-bond acceptors (Lipinski definition) is 3. The lowest BCUT2D eigenvalue weighted by Gasteiger charge is -2.09. The Bertz CT molecular complexity index is 412. The van der Waals surface area contributed by atoms with Crippen LogP contribution in [0, 0.1) is 5.92 Å². The summed E-state index contributed by atoms with van der Waals surface area (Å²) in [5.41, 5.74) is 0.694. The smallest absolute Gasteiger partial charge is 0.306 e. The predicted molar refractivity (Wildman–Crippen MR) is 67.7 cm³/mol. The average molecular weight is 251 g/mol. The molecule has 0 aromatic heterocycles. The quantitative estimate of drug-likeness (QED) is 0.812. The summed E-state index contributed by atoms with van der Waals surface area (Å²) in [4.78, 5) is 21.7. The Hall–Kier alpha value is -2.04. The van der Waals surface area contributed by atoms with Gasteiger partial charge in [0, 0.05) is 11.6 Å². The van der Waals surface area contributed by atoms with Crippen LogP contribution in [0.3, 0.4) is 0 Å². The van der Waals surface area contributed by atoms with E-state index in [1.165, 1.54) is 0 Å². The van der Waals surface area contributed by atoms with Gasteiger partial charge in [0.1, 0.15) is 5.75 Å². The Morgan fingerprint density at radius 2 is 1.89 bits per heavy atom. The van der Waals surface area contributed by atoms with Crippen molar-refractivity contribution >= 4 is 17.6 Å². The van der Waals surface area contributed by atoms with Gasteiger partial charge in [-0.3, -0.25) is 9.59 Å². The highest BCUT2D eigenvalue weighted by molar-refractivity contribution is 5.92. The fourth-order valence-electron chi connectivity index (χ4n) is 1.18. The summed E-state index contributed by atoms with van der Waals surface area (Å²) in [6.45, 7) is 3.77. The number of hydrogen-bond donors (Lipinski definition) is 2. The fourth-order valence-corrected chi connectivity index (χ4v) is 1.18. The molecule has 0 aliphatic heterocycles. The molecule has 0 spiro atoms. The summed E-state index contributed by atoms with van der Waals surface area (Å²) in [6, 6.07) is 6.82. The summed E-state index contributed by atoms with van der Waals surface area (Å²) >= 11 is 0. The van der Waals surface area contributed by atoms with Gasteiger partial charge in [-0.2, -0.15) is 0 Å². The third kappa shape index (κ3) is 4.86. The van der Waals surface area contributed by atoms with E-state index < -0.39 is 5.97 Å². The van der Waals surface area contributed by atoms with Crippen LogP contribution in [0.1, 0.15) is 20.3 Å². The first-order valence-electron chi connectivity index (χ1n) is 5.74. The molecule has 0 aliphatic rings. The number of amides is 1. The second kappa shape index (κ2) is 6.64. The molecular weight excluding hydrogens is 234 g/mol. The molecular formula is C13H17NO4. The Labute approximate surface area is 106 Å². The molecule has 0 saturated heterocycles. The van der Waals surface area contributed by atoms with E-state index in [-0.39, 0.29) is 24.9 Å². The zero-order chi connectivity index (χ0) is 13.5. The zero-order valence-corrected chi connectivity index (χ0v) is 10.5. The molecule has 0 fully saturated rings. The molecule has 0 bridgehead atoms. The number of benzene rings is 1. The van der Waals surface area contributed by atoms with E-state index in [1.54, 1.807) is 24.3 Å². The molecule has 1 aromatic rings. The van der Waals surface area contributed by atoms with Crippen molar-refractivity contribution in [3.63, 3.8) is 0 Å². The van der Waals surface area contributed by atoms with Crippen LogP contribution < -0.4 is 10.1 Å². The van der Waals surface area contributed by atoms with Gasteiger partial charge < -0.3 is 15.2 Å². The highest BCUT2D eigenvalue weighted by Crippen LogP contribution is 2.16. The minimum atomic E-state index is -0.893. The highest BCUT2D eigenvalue weighted by atomic mass is 16.5. The van der Waals surface area contributed by atoms with E-state index in [0.717, 1.165) is 0 Å². The molecule has 1 amide bonds. The van der Waals surface area contributed by atoms with Gasteiger partial charge in [0.2, 0.25) is 5.91 Å². The Morgan fingerprint density at radius 3 is 2.39 bits per heavy atom. The molecule has 1 aromatic carbocycles. The monoisotopic (exact) mass is 251 g/mol. The largest absolute Gasteiger partial charge is 0.493 e. The molecule has 1 rings (SSSR count). The Kier molecular flexibility index (Phi) is 5.17. The van der Waals surface area contributed by atoms with Crippen molar-refractivity contribution in [1.29, 1.82) is 0 Å². The minimum Gasteiger partial charge on any atom is -0.493 e. The van der Waals surface area contributed by atoms with Crippen molar-refractivity contribution in [2.45, 2.75) is 20.3 Å². The number of carbonyl (C=O) groups is 2. The van der Waals surface area contributed by atoms with E-state index in [0.29, 0.717) is 11.4 Å². The van der Waals surface area contributed by atoms with E-state index in [1.807, 2.05) is 13.8 Å². The first-order chi connectivity index (χ1) is 8.49. The number of carboxylic acid groups (broad SMARTS) is 1. The summed E-state index contributed by atoms with van der Waals surface area (Å²) in [5, 5.41) is 11.2. The van der Waals surface area contributed by atoms with Gasteiger partial charge in [-0.05, 0) is 24.3 Å². The second-order valence-electron chi connectivity index (χ2n) is 4.16. The second-order valence-corrected chi connectivity index (χ2v) is 4.16. The third-order valence-electron chi connectivity index (χ3n) is 2.23. The standard InChI is InChI=1S/C13H17NO4/c1-9(2)13(17)14-10-3-5-11(6-4-10)18-8-7-12(15)16/h3-6,9H,7-8H2,1-2H3,(H,14,17)(H,15,16). The van der Waals surface area contributed by atoms with E-state index in [9.17, 15) is 9.59 Å². The SMILES string of the molecule is CC(C)C(=O)Nc1ccc(OCCC(=O)O)cc1. The number of ether oxygens (including phenoxy) is 1. The molecule has 0 aliphatic carbocycles. The lowest BCUT2D eigenvalue weighted by molar-refractivity contribution is -0.137. The lowest BCUT2D eigenvalue weighted by atomic mass is 10.2. The number of anilines is 1. The molecule has 0 saturated carbocycles. The van der Waals surface area contributed by atoms with E-state index in [2.05, 4.69) is 5.32 Å². The third-order valence-corrected chi connectivity index (χ3v) is 2.23. The Balaban J connectivity index is 2.47. The lowest BCUT2D eigenvalue weighted by Crippen LogP contribution is -2.17. The van der Waals surface area contributed by atoms with Crippen LogP contribution in [0.2, 0.25) is 0 Å². The number of carbonyl (C=O) groups excluding carboxylic acids is 1. The summed E-state index contributed by atoms with van der Waals surface area (Å²) in [7, 11) is 0. The fraction of sp³-hybridized carbons (Fsp3) is 0.385. The van der Waals surface area contributed by atoms with Crippen molar-refractivity contribution < 1.29 is 19.4 Å². The van der Waals surface area contributed by atoms with Crippen LogP contribution in [0.25, 0.3) is 0 Å². The van der Waals surface area contributed by atoms with Crippen molar-refractivity contribution in [1.82, 2.24) is 0 Å². The first kappa shape index (κ1) is 14.0. The van der Waals surface area contributed by atoms with Gasteiger partial charge in [-0.1, -0.05) is 13.8 Å². The van der Waals surface area contributed by atoms with E-state index >= 15 is 0 Å². The highest BCUT2D eigenvalue weighted by Gasteiger charge is 2.06. The van der Waals surface area contributed by atoms with Crippen molar-refractivity contribution in [3.8, 4) is 5.75 Å². The van der Waals surface area contributed by atoms with Gasteiger partial charge >= 0.3 is 5.97 Å². The number of nitrogens with one attached hydrogen (secondary N) is 1. The molecule has 0 heterocycles. The van der Waals surface area contributed by atoms with Gasteiger partial charge in [-0.15, -0.1) is 0 Å². The maximum atomic E-state index is 11.4. The maximum Gasteiger partial charge on any atom is 0.306 e. The molecule has 0 atom stereocenters. The molecule has 2 N–H and O–H groups in total. The predicted octanol–water partition coefficient (Wildman–Crippen LogP) is 2.13. The summed E-state index contributed by atoms with van der Waals surface area (Å²) in [6.07, 6.45) is -0.0359. The number of rotatable bonds is 6. The zero-order valence-electron chi connectivity index (χ0n) is 10.5. The maximum absolute atomic E-state index is 11.4. The van der Waals surface area contributed by atoms with Crippen LogP contribution in [0.5, 0.6) is 5.75 Å². The molecule has 18 heavy (non-hydrogen) atoms. The number of aliphatic carboxylic acids is 1. The van der Waals surface area contributed by atoms with Crippen LogP contribution >= 0.6 is 0 Å². The minimum absolute atomic E-state index is 0.0359. The van der Waals surface area contributed by atoms with Crippen LogP contribution in [-0.2, 0) is 9.59 Å². The molecule has 5 nitrogen and oxygen atoms in total. The van der Waals surface area contributed by atoms with Gasteiger partial charge in [-0.25, -0.2) is 0 Å². The van der Waals surface area contributed by atoms with Gasteiger partial charge in [0.15, 0.2) is 0 Å². The van der Waals surface area contributed by atoms with Crippen LogP contribution in [0.15, 0.2) is 24.3 Å². The molecule has 5 heteroatoms. The number of carboxylic acids is 1.